The molecule has 0 saturated heterocycles. The zero-order chi connectivity index (χ0) is 29.4. The van der Waals surface area contributed by atoms with Gasteiger partial charge >= 0.3 is 11.9 Å². The third kappa shape index (κ3) is 31.2. The Labute approximate surface area is 249 Å². The molecule has 0 aromatic carbocycles. The molecule has 236 valence electrons. The van der Waals surface area contributed by atoms with Crippen LogP contribution in [0.2, 0.25) is 0 Å². The summed E-state index contributed by atoms with van der Waals surface area (Å²) in [4.78, 5) is 23.5. The number of ether oxygens (including phenoxy) is 1. The number of carboxylic acid groups (broad SMARTS) is 1. The first kappa shape index (κ1) is 38.7. The third-order valence-electron chi connectivity index (χ3n) is 7.97. The lowest BCUT2D eigenvalue weighted by Crippen LogP contribution is -2.21. The average Bonchev–Trinajstić information content (AvgIpc) is 2.93. The topological polar surface area (TPSA) is 63.6 Å². The summed E-state index contributed by atoms with van der Waals surface area (Å²) in [7, 11) is 0. The monoisotopic (exact) mass is 565 g/mol. The molecule has 0 aromatic heterocycles. The molecule has 0 heterocycles. The Morgan fingerprint density at radius 1 is 0.550 bits per heavy atom. The predicted octanol–water partition coefficient (Wildman–Crippen LogP) is 11.9. The molecule has 0 aromatic rings. The molecular formula is C36H68O4. The van der Waals surface area contributed by atoms with Crippen molar-refractivity contribution in [1.82, 2.24) is 0 Å². The van der Waals surface area contributed by atoms with Crippen LogP contribution in [0.5, 0.6) is 0 Å². The highest BCUT2D eigenvalue weighted by Crippen LogP contribution is 2.17. The first-order chi connectivity index (χ1) is 19.6. The van der Waals surface area contributed by atoms with E-state index in [9.17, 15) is 14.7 Å². The van der Waals surface area contributed by atoms with Gasteiger partial charge in [-0.15, -0.1) is 0 Å². The van der Waals surface area contributed by atoms with Crippen LogP contribution in [0, 0.1) is 0 Å². The first-order valence-corrected chi connectivity index (χ1v) is 17.7. The van der Waals surface area contributed by atoms with Crippen LogP contribution in [0.15, 0.2) is 12.2 Å². The van der Waals surface area contributed by atoms with E-state index in [-0.39, 0.29) is 12.4 Å². The minimum absolute atomic E-state index is 0.0730. The molecule has 1 N–H and O–H groups in total. The van der Waals surface area contributed by atoms with Crippen molar-refractivity contribution in [1.29, 1.82) is 0 Å². The van der Waals surface area contributed by atoms with Gasteiger partial charge in [-0.1, -0.05) is 154 Å². The molecule has 0 spiro atoms. The molecule has 0 aliphatic carbocycles. The van der Waals surface area contributed by atoms with Crippen LogP contribution in [0.3, 0.4) is 0 Å². The largest absolute Gasteiger partial charge is 0.481 e. The van der Waals surface area contributed by atoms with Crippen molar-refractivity contribution < 1.29 is 19.4 Å². The molecule has 1 unspecified atom stereocenters. The van der Waals surface area contributed by atoms with Crippen LogP contribution < -0.4 is 0 Å². The summed E-state index contributed by atoms with van der Waals surface area (Å²) in [5.41, 5.74) is 0. The lowest BCUT2D eigenvalue weighted by Gasteiger charge is -2.16. The fourth-order valence-corrected chi connectivity index (χ4v) is 5.37. The molecule has 0 fully saturated rings. The van der Waals surface area contributed by atoms with Gasteiger partial charge in [-0.25, -0.2) is 0 Å². The molecule has 0 aliphatic rings. The van der Waals surface area contributed by atoms with E-state index >= 15 is 0 Å². The Bertz CT molecular complexity index is 571. The van der Waals surface area contributed by atoms with Crippen molar-refractivity contribution in [2.45, 2.75) is 206 Å². The van der Waals surface area contributed by atoms with Gasteiger partial charge in [0.05, 0.1) is 6.42 Å². The van der Waals surface area contributed by atoms with Gasteiger partial charge in [0.15, 0.2) is 0 Å². The second-order valence-electron chi connectivity index (χ2n) is 12.1. The van der Waals surface area contributed by atoms with Crippen LogP contribution in [-0.4, -0.2) is 23.1 Å². The highest BCUT2D eigenvalue weighted by Gasteiger charge is 2.17. The number of carboxylic acids is 1. The van der Waals surface area contributed by atoms with Crippen molar-refractivity contribution in [2.75, 3.05) is 0 Å². The molecule has 4 nitrogen and oxygen atoms in total. The zero-order valence-corrected chi connectivity index (χ0v) is 26.9. The van der Waals surface area contributed by atoms with Gasteiger partial charge in [-0.2, -0.15) is 0 Å². The molecule has 40 heavy (non-hydrogen) atoms. The summed E-state index contributed by atoms with van der Waals surface area (Å²) in [5.74, 6) is -1.10. The number of carbonyl (C=O) groups excluding carboxylic acids is 1. The van der Waals surface area contributed by atoms with Gasteiger partial charge in [0.25, 0.3) is 0 Å². The van der Waals surface area contributed by atoms with E-state index in [1.807, 2.05) is 0 Å². The molecule has 0 bridgehead atoms. The van der Waals surface area contributed by atoms with E-state index in [1.54, 1.807) is 0 Å². The number of allylic oxidation sites excluding steroid dienone is 2. The molecular weight excluding hydrogens is 496 g/mol. The molecule has 0 aliphatic heterocycles. The Morgan fingerprint density at radius 3 is 1.38 bits per heavy atom. The fourth-order valence-electron chi connectivity index (χ4n) is 5.37. The molecule has 0 saturated carbocycles. The SMILES string of the molecule is CCCCCC/C=C\CCCCCCCC(=O)OC(CCCCCCCCCCCCCCCCC)CC(=O)O. The maximum absolute atomic E-state index is 12.3. The Hall–Kier alpha value is -1.32. The molecule has 0 rings (SSSR count). The van der Waals surface area contributed by atoms with Gasteiger partial charge in [-0.3, -0.25) is 9.59 Å². The maximum Gasteiger partial charge on any atom is 0.307 e. The number of unbranched alkanes of at least 4 members (excludes halogenated alkanes) is 23. The van der Waals surface area contributed by atoms with Gasteiger partial charge in [-0.05, 0) is 44.9 Å². The fraction of sp³-hybridized carbons (Fsp3) is 0.889. The van der Waals surface area contributed by atoms with E-state index in [2.05, 4.69) is 26.0 Å². The van der Waals surface area contributed by atoms with Crippen molar-refractivity contribution in [3.05, 3.63) is 12.2 Å². The maximum atomic E-state index is 12.3. The summed E-state index contributed by atoms with van der Waals surface area (Å²) < 4.78 is 5.56. The van der Waals surface area contributed by atoms with Gasteiger partial charge in [0.1, 0.15) is 6.10 Å². The number of carbonyl (C=O) groups is 2. The first-order valence-electron chi connectivity index (χ1n) is 17.7. The molecule has 0 radical (unpaired) electrons. The van der Waals surface area contributed by atoms with Crippen LogP contribution in [0.1, 0.15) is 200 Å². The molecule has 0 amide bonds. The van der Waals surface area contributed by atoms with Gasteiger partial charge in [0, 0.05) is 6.42 Å². The summed E-state index contributed by atoms with van der Waals surface area (Å²) >= 11 is 0. The summed E-state index contributed by atoms with van der Waals surface area (Å²) in [5, 5.41) is 9.23. The average molecular weight is 565 g/mol. The van der Waals surface area contributed by atoms with E-state index in [0.717, 1.165) is 38.5 Å². The normalized spacial score (nSPS) is 12.2. The van der Waals surface area contributed by atoms with Crippen molar-refractivity contribution in [3.8, 4) is 0 Å². The molecule has 4 heteroatoms. The quantitative estimate of drug-likeness (QED) is 0.0501. The van der Waals surface area contributed by atoms with E-state index in [4.69, 9.17) is 4.74 Å². The molecule has 1 atom stereocenters. The number of aliphatic carboxylic acids is 1. The van der Waals surface area contributed by atoms with E-state index < -0.39 is 12.1 Å². The number of hydrogen-bond acceptors (Lipinski definition) is 3. The number of hydrogen-bond donors (Lipinski definition) is 1. The smallest absolute Gasteiger partial charge is 0.307 e. The van der Waals surface area contributed by atoms with Crippen molar-refractivity contribution >= 4 is 11.9 Å². The van der Waals surface area contributed by atoms with E-state index in [0.29, 0.717) is 12.8 Å². The van der Waals surface area contributed by atoms with E-state index in [1.165, 1.54) is 128 Å². The van der Waals surface area contributed by atoms with Gasteiger partial charge < -0.3 is 9.84 Å². The van der Waals surface area contributed by atoms with Crippen molar-refractivity contribution in [3.63, 3.8) is 0 Å². The Balaban J connectivity index is 3.67. The van der Waals surface area contributed by atoms with Crippen LogP contribution in [-0.2, 0) is 14.3 Å². The predicted molar refractivity (Wildman–Crippen MR) is 172 cm³/mol. The van der Waals surface area contributed by atoms with Crippen LogP contribution >= 0.6 is 0 Å². The second kappa shape index (κ2) is 32.2. The highest BCUT2D eigenvalue weighted by molar-refractivity contribution is 5.71. The summed E-state index contributed by atoms with van der Waals surface area (Å²) in [6.07, 6.45) is 38.0. The third-order valence-corrected chi connectivity index (χ3v) is 7.97. The number of esters is 1. The van der Waals surface area contributed by atoms with Crippen molar-refractivity contribution in [2.24, 2.45) is 0 Å². The second-order valence-corrected chi connectivity index (χ2v) is 12.1. The lowest BCUT2D eigenvalue weighted by atomic mass is 10.0. The summed E-state index contributed by atoms with van der Waals surface area (Å²) in [6.45, 7) is 4.52. The Morgan fingerprint density at radius 2 is 0.925 bits per heavy atom. The lowest BCUT2D eigenvalue weighted by molar-refractivity contribution is -0.153. The minimum Gasteiger partial charge on any atom is -0.481 e. The Kier molecular flexibility index (Phi) is 31.1. The van der Waals surface area contributed by atoms with Gasteiger partial charge in [0.2, 0.25) is 0 Å². The summed E-state index contributed by atoms with van der Waals surface area (Å²) in [6, 6.07) is 0. The van der Waals surface area contributed by atoms with Crippen LogP contribution in [0.25, 0.3) is 0 Å². The zero-order valence-electron chi connectivity index (χ0n) is 26.9. The van der Waals surface area contributed by atoms with Crippen LogP contribution in [0.4, 0.5) is 0 Å². The minimum atomic E-state index is -0.881. The standard InChI is InChI=1S/C36H68O4/c1-3-5-7-9-11-13-15-17-18-20-21-23-25-27-29-31-34(33-35(37)38)40-36(39)32-30-28-26-24-22-19-16-14-12-10-8-6-4-2/h14,16,34H,3-13,15,17-33H2,1-2H3,(H,37,38)/b16-14-. The highest BCUT2D eigenvalue weighted by atomic mass is 16.5. The number of rotatable bonds is 32.